The minimum atomic E-state index is -5.59. The fraction of sp³-hybridized carbons (Fsp3) is 1.00. The molecule has 2 fully saturated rings. The van der Waals surface area contributed by atoms with Crippen LogP contribution < -0.4 is 0 Å². The molecule has 2 rings (SSSR count). The Kier molecular flexibility index (Phi) is 6.85. The minimum absolute atomic E-state index is 0.0231. The molecule has 0 amide bonds. The van der Waals surface area contributed by atoms with Gasteiger partial charge in [0.05, 0.1) is 50.8 Å². The summed E-state index contributed by atoms with van der Waals surface area (Å²) >= 11 is 0. The van der Waals surface area contributed by atoms with Gasteiger partial charge in [0.25, 0.3) is 0 Å². The summed E-state index contributed by atoms with van der Waals surface area (Å²) in [6.45, 7) is -0.0981. The number of aliphatic hydroxyl groups is 1. The maximum Gasteiger partial charge on any atom is 0.523 e. The third-order valence-corrected chi connectivity index (χ3v) is 4.91. The first-order chi connectivity index (χ1) is 11.2. The normalized spacial score (nSPS) is 31.7. The second-order valence-corrected chi connectivity index (χ2v) is 7.43. The number of ether oxygens (including phenoxy) is 3. The Morgan fingerprint density at radius 3 is 1.83 bits per heavy atom. The molecule has 2 saturated heterocycles. The van der Waals surface area contributed by atoms with Crippen molar-refractivity contribution >= 4 is 10.1 Å². The van der Waals surface area contributed by atoms with Crippen molar-refractivity contribution in [2.45, 2.75) is 55.6 Å². The molecule has 24 heavy (non-hydrogen) atoms. The molecule has 7 nitrogen and oxygen atoms in total. The number of hydrogen-bond acceptors (Lipinski definition) is 7. The first kappa shape index (κ1) is 19.9. The van der Waals surface area contributed by atoms with Crippen molar-refractivity contribution in [1.82, 2.24) is 0 Å². The Morgan fingerprint density at radius 1 is 0.917 bits per heavy atom. The van der Waals surface area contributed by atoms with Crippen molar-refractivity contribution in [3.8, 4) is 0 Å². The van der Waals surface area contributed by atoms with Crippen LogP contribution in [0, 0.1) is 0 Å². The van der Waals surface area contributed by atoms with Gasteiger partial charge in [-0.2, -0.15) is 21.6 Å². The van der Waals surface area contributed by atoms with Gasteiger partial charge in [-0.05, 0) is 25.7 Å². The average Bonchev–Trinajstić information content (AvgIpc) is 3.13. The molecule has 4 atom stereocenters. The summed E-state index contributed by atoms with van der Waals surface area (Å²) in [6, 6.07) is 0. The van der Waals surface area contributed by atoms with Crippen LogP contribution in [0.3, 0.4) is 0 Å². The van der Waals surface area contributed by atoms with Crippen LogP contribution in [0.4, 0.5) is 13.2 Å². The highest BCUT2D eigenvalue weighted by Gasteiger charge is 2.47. The van der Waals surface area contributed by atoms with Crippen molar-refractivity contribution in [3.63, 3.8) is 0 Å². The van der Waals surface area contributed by atoms with Crippen LogP contribution in [-0.2, 0) is 28.5 Å². The summed E-state index contributed by atoms with van der Waals surface area (Å²) in [4.78, 5) is 0. The summed E-state index contributed by atoms with van der Waals surface area (Å²) in [7, 11) is -5.59. The predicted molar refractivity (Wildman–Crippen MR) is 74.6 cm³/mol. The van der Waals surface area contributed by atoms with Gasteiger partial charge in [-0.1, -0.05) is 0 Å². The summed E-state index contributed by atoms with van der Waals surface area (Å²) in [5, 5.41) is 8.96. The fourth-order valence-electron chi connectivity index (χ4n) is 2.63. The van der Waals surface area contributed by atoms with Crippen LogP contribution in [0.1, 0.15) is 25.7 Å². The number of hydrogen-bond donors (Lipinski definition) is 1. The molecule has 0 bridgehead atoms. The van der Waals surface area contributed by atoms with Gasteiger partial charge in [0.1, 0.15) is 0 Å². The molecule has 2 aliphatic rings. The van der Waals surface area contributed by atoms with Crippen molar-refractivity contribution in [3.05, 3.63) is 0 Å². The largest absolute Gasteiger partial charge is 0.523 e. The Labute approximate surface area is 138 Å². The highest BCUT2D eigenvalue weighted by Crippen LogP contribution is 2.27. The van der Waals surface area contributed by atoms with Crippen LogP contribution in [0.2, 0.25) is 0 Å². The lowest BCUT2D eigenvalue weighted by molar-refractivity contribution is -0.0697. The number of aliphatic hydroxyl groups excluding tert-OH is 1. The fourth-order valence-corrected chi connectivity index (χ4v) is 3.09. The van der Waals surface area contributed by atoms with Gasteiger partial charge in [-0.15, -0.1) is 0 Å². The van der Waals surface area contributed by atoms with Crippen molar-refractivity contribution in [1.29, 1.82) is 0 Å². The maximum atomic E-state index is 12.2. The molecular formula is C13H21F3O7S. The van der Waals surface area contributed by atoms with Crippen LogP contribution in [0.15, 0.2) is 0 Å². The number of halogens is 3. The molecule has 142 valence electrons. The van der Waals surface area contributed by atoms with Gasteiger partial charge in [0.2, 0.25) is 0 Å². The smallest absolute Gasteiger partial charge is 0.394 e. The molecule has 11 heteroatoms. The third-order valence-electron chi connectivity index (χ3n) is 3.89. The van der Waals surface area contributed by atoms with Crippen LogP contribution in [-0.4, -0.2) is 69.9 Å². The Balaban J connectivity index is 1.61. The topological polar surface area (TPSA) is 91.3 Å². The molecule has 2 aliphatic heterocycles. The van der Waals surface area contributed by atoms with E-state index in [1.165, 1.54) is 0 Å². The predicted octanol–water partition coefficient (Wildman–Crippen LogP) is 0.957. The highest BCUT2D eigenvalue weighted by molar-refractivity contribution is 7.87. The Hall–Kier alpha value is -0.460. The van der Waals surface area contributed by atoms with Gasteiger partial charge in [0.15, 0.2) is 0 Å². The summed E-state index contributed by atoms with van der Waals surface area (Å²) in [5.74, 6) is 0. The summed E-state index contributed by atoms with van der Waals surface area (Å²) < 4.78 is 78.4. The van der Waals surface area contributed by atoms with E-state index in [0.29, 0.717) is 19.4 Å². The zero-order chi connectivity index (χ0) is 17.8. The standard InChI is InChI=1S/C13H21F3O7S/c14-13(15,16)24(18,19)21-8-12-4-3-11(23-12)7-20-6-10-2-1-9(5-17)22-10/h9-12,17H,1-8H2. The highest BCUT2D eigenvalue weighted by atomic mass is 32.2. The Bertz CT molecular complexity index is 496. The molecule has 0 aliphatic carbocycles. The van der Waals surface area contributed by atoms with E-state index >= 15 is 0 Å². The first-order valence-corrected chi connectivity index (χ1v) is 9.07. The number of rotatable bonds is 8. The van der Waals surface area contributed by atoms with E-state index in [-0.39, 0.29) is 31.5 Å². The van der Waals surface area contributed by atoms with E-state index in [9.17, 15) is 21.6 Å². The molecule has 0 aromatic heterocycles. The molecule has 4 unspecified atom stereocenters. The van der Waals surface area contributed by atoms with E-state index < -0.39 is 28.3 Å². The lowest BCUT2D eigenvalue weighted by atomic mass is 10.2. The first-order valence-electron chi connectivity index (χ1n) is 7.66. The lowest BCUT2D eigenvalue weighted by Crippen LogP contribution is -2.29. The number of alkyl halides is 3. The average molecular weight is 378 g/mol. The van der Waals surface area contributed by atoms with Gasteiger partial charge < -0.3 is 19.3 Å². The van der Waals surface area contributed by atoms with Gasteiger partial charge in [-0.25, -0.2) is 0 Å². The van der Waals surface area contributed by atoms with E-state index in [0.717, 1.165) is 12.8 Å². The van der Waals surface area contributed by atoms with Gasteiger partial charge >= 0.3 is 15.6 Å². The van der Waals surface area contributed by atoms with Gasteiger partial charge in [0, 0.05) is 0 Å². The SMILES string of the molecule is O=S(=O)(OCC1CCC(COCC2CCC(CO)O2)O1)C(F)(F)F. The quantitative estimate of drug-likeness (QED) is 0.497. The second-order valence-electron chi connectivity index (χ2n) is 5.82. The minimum Gasteiger partial charge on any atom is -0.394 e. The summed E-state index contributed by atoms with van der Waals surface area (Å²) in [5.41, 5.74) is -5.43. The van der Waals surface area contributed by atoms with E-state index in [1.54, 1.807) is 0 Å². The van der Waals surface area contributed by atoms with Crippen molar-refractivity contribution < 1.29 is 45.1 Å². The van der Waals surface area contributed by atoms with E-state index in [4.69, 9.17) is 19.3 Å². The zero-order valence-corrected chi connectivity index (χ0v) is 13.7. The molecule has 0 aromatic carbocycles. The maximum absolute atomic E-state index is 12.2. The van der Waals surface area contributed by atoms with E-state index in [1.807, 2.05) is 0 Å². The molecule has 0 radical (unpaired) electrons. The molecule has 0 aromatic rings. The van der Waals surface area contributed by atoms with E-state index in [2.05, 4.69) is 4.18 Å². The molecule has 1 N–H and O–H groups in total. The van der Waals surface area contributed by atoms with Crippen molar-refractivity contribution in [2.75, 3.05) is 26.4 Å². The molecule has 2 heterocycles. The molecule has 0 saturated carbocycles. The monoisotopic (exact) mass is 378 g/mol. The zero-order valence-electron chi connectivity index (χ0n) is 12.9. The molecular weight excluding hydrogens is 357 g/mol. The second kappa shape index (κ2) is 8.28. The lowest BCUT2D eigenvalue weighted by Gasteiger charge is -2.16. The van der Waals surface area contributed by atoms with Gasteiger partial charge in [-0.3, -0.25) is 4.18 Å². The van der Waals surface area contributed by atoms with Crippen molar-refractivity contribution in [2.24, 2.45) is 0 Å². The van der Waals surface area contributed by atoms with Crippen LogP contribution in [0.25, 0.3) is 0 Å². The molecule has 0 spiro atoms. The third kappa shape index (κ3) is 5.53. The summed E-state index contributed by atoms with van der Waals surface area (Å²) in [6.07, 6.45) is 1.25. The van der Waals surface area contributed by atoms with Crippen LogP contribution >= 0.6 is 0 Å². The Morgan fingerprint density at radius 2 is 1.38 bits per heavy atom. The van der Waals surface area contributed by atoms with Crippen LogP contribution in [0.5, 0.6) is 0 Å².